The van der Waals surface area contributed by atoms with Crippen molar-refractivity contribution in [1.82, 2.24) is 19.9 Å². The molecule has 9 nitrogen and oxygen atoms in total. The van der Waals surface area contributed by atoms with Gasteiger partial charge in [0.25, 0.3) is 0 Å². The van der Waals surface area contributed by atoms with Gasteiger partial charge in [-0.15, -0.1) is 5.92 Å². The Labute approximate surface area is 214 Å². The molecule has 1 saturated carbocycles. The number of aromatic nitrogens is 4. The summed E-state index contributed by atoms with van der Waals surface area (Å²) in [5.74, 6) is 4.91. The number of aliphatic imine (C=N–C) groups is 1. The maximum absolute atomic E-state index is 15.1. The lowest BCUT2D eigenvalue weighted by Crippen LogP contribution is -2.58. The number of fused-ring (bicyclic) bond motifs is 1. The number of halogens is 1. The van der Waals surface area contributed by atoms with Gasteiger partial charge in [-0.2, -0.15) is 0 Å². The van der Waals surface area contributed by atoms with E-state index < -0.39 is 25.9 Å². The number of nitrogens with zero attached hydrogens (tertiary/aromatic N) is 5. The van der Waals surface area contributed by atoms with Crippen molar-refractivity contribution in [3.63, 3.8) is 0 Å². The van der Waals surface area contributed by atoms with E-state index in [1.807, 2.05) is 0 Å². The van der Waals surface area contributed by atoms with E-state index in [4.69, 9.17) is 10.5 Å². The van der Waals surface area contributed by atoms with Gasteiger partial charge in [0.1, 0.15) is 27.5 Å². The van der Waals surface area contributed by atoms with Gasteiger partial charge in [-0.25, -0.2) is 22.8 Å². The number of rotatable bonds is 6. The summed E-state index contributed by atoms with van der Waals surface area (Å²) >= 11 is 0. The van der Waals surface area contributed by atoms with Crippen molar-refractivity contribution in [3.8, 4) is 17.7 Å². The van der Waals surface area contributed by atoms with Crippen LogP contribution in [-0.4, -0.2) is 51.3 Å². The van der Waals surface area contributed by atoms with Crippen molar-refractivity contribution in [2.75, 3.05) is 12.4 Å². The van der Waals surface area contributed by atoms with Crippen LogP contribution in [0, 0.1) is 23.6 Å². The molecule has 1 fully saturated rings. The molecule has 0 spiro atoms. The minimum Gasteiger partial charge on any atom is -0.463 e. The van der Waals surface area contributed by atoms with Crippen LogP contribution in [-0.2, 0) is 21.8 Å². The zero-order valence-electron chi connectivity index (χ0n) is 20.8. The van der Waals surface area contributed by atoms with E-state index in [9.17, 15) is 8.42 Å². The standard InChI is InChI=1S/C26H27FN6O3S/c1-4-5-10-36-22-14-31-23-20(32-22)8-9-29-21(23)12-17-11-18(19(27)13-30-17)25(2)15-37(34,35)26(3,16-6-7-16)24(28)33-25/h8-9,11,13-14,16H,6-7,10,12,15H2,1-3H3,(H2,28,33)/t25-,26-/m0/s1. The summed E-state index contributed by atoms with van der Waals surface area (Å²) in [5, 5.41) is 0. The molecule has 5 rings (SSSR count). The Bertz CT molecular complexity index is 1590. The third-order valence-corrected chi connectivity index (χ3v) is 9.95. The lowest BCUT2D eigenvalue weighted by atomic mass is 9.92. The highest BCUT2D eigenvalue weighted by molar-refractivity contribution is 7.93. The Kier molecular flexibility index (Phi) is 6.10. The van der Waals surface area contributed by atoms with Gasteiger partial charge in [0.2, 0.25) is 5.88 Å². The van der Waals surface area contributed by atoms with Crippen LogP contribution >= 0.6 is 0 Å². The number of pyridine rings is 2. The summed E-state index contributed by atoms with van der Waals surface area (Å²) in [6.07, 6.45) is 5.99. The van der Waals surface area contributed by atoms with Gasteiger partial charge in [0, 0.05) is 23.9 Å². The van der Waals surface area contributed by atoms with E-state index in [1.165, 1.54) is 12.3 Å². The Morgan fingerprint density at radius 1 is 1.22 bits per heavy atom. The lowest BCUT2D eigenvalue weighted by molar-refractivity contribution is 0.355. The molecule has 0 aromatic carbocycles. The minimum atomic E-state index is -3.69. The van der Waals surface area contributed by atoms with Crippen LogP contribution in [0.5, 0.6) is 5.88 Å². The third kappa shape index (κ3) is 4.39. The third-order valence-electron chi connectivity index (χ3n) is 7.17. The molecule has 2 N–H and O–H groups in total. The zero-order chi connectivity index (χ0) is 26.4. The largest absolute Gasteiger partial charge is 0.463 e. The average Bonchev–Trinajstić information content (AvgIpc) is 3.69. The summed E-state index contributed by atoms with van der Waals surface area (Å²) in [5.41, 5.74) is 7.21. The number of amidine groups is 1. The number of nitrogens with two attached hydrogens (primary N) is 1. The number of ether oxygens (including phenoxy) is 1. The molecule has 3 aromatic rings. The first-order valence-corrected chi connectivity index (χ1v) is 13.6. The van der Waals surface area contributed by atoms with Crippen molar-refractivity contribution in [2.45, 2.75) is 50.3 Å². The van der Waals surface area contributed by atoms with Gasteiger partial charge in [0.05, 0.1) is 29.4 Å². The molecule has 3 aromatic heterocycles. The lowest BCUT2D eigenvalue weighted by Gasteiger charge is -2.40. The Morgan fingerprint density at radius 2 is 2.00 bits per heavy atom. The summed E-state index contributed by atoms with van der Waals surface area (Å²) < 4.78 is 46.1. The van der Waals surface area contributed by atoms with Crippen molar-refractivity contribution in [2.24, 2.45) is 16.6 Å². The SMILES string of the molecule is CC#CCOc1cnc2c(Cc3cc([C@]4(C)CS(=O)(=O)[C@@](C)(C5CC5)C(N)=N4)c(F)cn3)nccc2n1. The van der Waals surface area contributed by atoms with Gasteiger partial charge in [-0.05, 0) is 51.7 Å². The fourth-order valence-corrected chi connectivity index (χ4v) is 7.22. The quantitative estimate of drug-likeness (QED) is 0.489. The molecule has 0 amide bonds. The first-order valence-electron chi connectivity index (χ1n) is 11.9. The summed E-state index contributed by atoms with van der Waals surface area (Å²) in [6.45, 7) is 5.16. The second-order valence-electron chi connectivity index (χ2n) is 9.79. The monoisotopic (exact) mass is 522 g/mol. The topological polar surface area (TPSA) is 133 Å². The van der Waals surface area contributed by atoms with Gasteiger partial charge in [0.15, 0.2) is 16.4 Å². The van der Waals surface area contributed by atoms with Crippen molar-refractivity contribution in [3.05, 3.63) is 53.5 Å². The molecule has 192 valence electrons. The van der Waals surface area contributed by atoms with E-state index in [0.717, 1.165) is 19.0 Å². The fraction of sp³-hybridized carbons (Fsp3) is 0.423. The molecular weight excluding hydrogens is 495 g/mol. The molecule has 0 bridgehead atoms. The molecule has 0 unspecified atom stereocenters. The molecule has 2 atom stereocenters. The summed E-state index contributed by atoms with van der Waals surface area (Å²) in [6, 6.07) is 3.26. The molecule has 1 aliphatic heterocycles. The van der Waals surface area contributed by atoms with Crippen LogP contribution in [0.4, 0.5) is 4.39 Å². The molecular formula is C26H27FN6O3S. The maximum atomic E-state index is 15.1. The Morgan fingerprint density at radius 3 is 2.70 bits per heavy atom. The number of sulfone groups is 1. The zero-order valence-corrected chi connectivity index (χ0v) is 21.6. The van der Waals surface area contributed by atoms with Gasteiger partial charge in [-0.3, -0.25) is 15.0 Å². The molecule has 37 heavy (non-hydrogen) atoms. The Hall–Kier alpha value is -3.65. The van der Waals surface area contributed by atoms with Gasteiger partial charge < -0.3 is 10.5 Å². The predicted octanol–water partition coefficient (Wildman–Crippen LogP) is 2.72. The second kappa shape index (κ2) is 9.03. The molecule has 2 aliphatic rings. The normalized spacial score (nSPS) is 24.7. The highest BCUT2D eigenvalue weighted by Crippen LogP contribution is 2.49. The highest BCUT2D eigenvalue weighted by atomic mass is 32.2. The fourth-order valence-electron chi connectivity index (χ4n) is 4.85. The van der Waals surface area contributed by atoms with Crippen LogP contribution < -0.4 is 10.5 Å². The molecule has 0 saturated heterocycles. The van der Waals surface area contributed by atoms with Crippen LogP contribution in [0.1, 0.15) is 50.6 Å². The predicted molar refractivity (Wildman–Crippen MR) is 137 cm³/mol. The highest BCUT2D eigenvalue weighted by Gasteiger charge is 2.59. The van der Waals surface area contributed by atoms with Gasteiger partial charge in [-0.1, -0.05) is 5.92 Å². The van der Waals surface area contributed by atoms with E-state index in [1.54, 1.807) is 33.0 Å². The van der Waals surface area contributed by atoms with Crippen molar-refractivity contribution < 1.29 is 17.5 Å². The van der Waals surface area contributed by atoms with Crippen molar-refractivity contribution >= 4 is 26.7 Å². The Balaban J connectivity index is 1.48. The van der Waals surface area contributed by atoms with Gasteiger partial charge >= 0.3 is 0 Å². The molecule has 4 heterocycles. The van der Waals surface area contributed by atoms with Crippen LogP contribution in [0.15, 0.2) is 35.7 Å². The second-order valence-corrected chi connectivity index (χ2v) is 12.2. The molecule has 1 aliphatic carbocycles. The van der Waals surface area contributed by atoms with E-state index in [2.05, 4.69) is 36.8 Å². The van der Waals surface area contributed by atoms with E-state index >= 15 is 4.39 Å². The molecule has 11 heteroatoms. The first-order chi connectivity index (χ1) is 17.6. The maximum Gasteiger partial charge on any atom is 0.233 e. The van der Waals surface area contributed by atoms with Crippen LogP contribution in [0.2, 0.25) is 0 Å². The molecule has 0 radical (unpaired) electrons. The summed E-state index contributed by atoms with van der Waals surface area (Å²) in [4.78, 5) is 22.1. The van der Waals surface area contributed by atoms with Crippen LogP contribution in [0.3, 0.4) is 0 Å². The van der Waals surface area contributed by atoms with Crippen LogP contribution in [0.25, 0.3) is 11.0 Å². The smallest absolute Gasteiger partial charge is 0.233 e. The van der Waals surface area contributed by atoms with Crippen molar-refractivity contribution in [1.29, 1.82) is 0 Å². The van der Waals surface area contributed by atoms with E-state index in [0.29, 0.717) is 28.3 Å². The first kappa shape index (κ1) is 25.0. The van der Waals surface area contributed by atoms with E-state index in [-0.39, 0.29) is 36.1 Å². The number of hydrogen-bond donors (Lipinski definition) is 1. The number of hydrogen-bond acceptors (Lipinski definition) is 9. The average molecular weight is 523 g/mol. The summed E-state index contributed by atoms with van der Waals surface area (Å²) in [7, 11) is -3.69. The minimum absolute atomic E-state index is 0.0375.